The molecule has 2 rings (SSSR count). The molecular formula is C15H21ClF2N2O. The van der Waals surface area contributed by atoms with Crippen LogP contribution in [-0.2, 0) is 11.3 Å². The number of halogens is 3. The molecule has 1 aliphatic rings. The first-order chi connectivity index (χ1) is 9.61. The van der Waals surface area contributed by atoms with Crippen molar-refractivity contribution in [2.24, 2.45) is 0 Å². The number of carbonyl (C=O) groups excluding carboxylic acids is 1. The van der Waals surface area contributed by atoms with Crippen LogP contribution in [-0.4, -0.2) is 30.4 Å². The number of likely N-dealkylation sites (N-methyl/N-ethyl adjacent to an activating group) is 1. The monoisotopic (exact) mass is 318 g/mol. The lowest BCUT2D eigenvalue weighted by Gasteiger charge is -2.29. The van der Waals surface area contributed by atoms with Gasteiger partial charge in [0.2, 0.25) is 5.91 Å². The van der Waals surface area contributed by atoms with Gasteiger partial charge in [0.05, 0.1) is 6.54 Å². The number of hydrogen-bond acceptors (Lipinski definition) is 2. The van der Waals surface area contributed by atoms with Gasteiger partial charge in [-0.1, -0.05) is 12.8 Å². The molecule has 3 nitrogen and oxygen atoms in total. The van der Waals surface area contributed by atoms with Crippen LogP contribution >= 0.6 is 12.4 Å². The van der Waals surface area contributed by atoms with Gasteiger partial charge in [0.1, 0.15) is 11.6 Å². The third-order valence-corrected chi connectivity index (χ3v) is 3.76. The zero-order chi connectivity index (χ0) is 14.5. The van der Waals surface area contributed by atoms with Crippen molar-refractivity contribution in [3.05, 3.63) is 35.4 Å². The van der Waals surface area contributed by atoms with Crippen molar-refractivity contribution >= 4 is 18.3 Å². The summed E-state index contributed by atoms with van der Waals surface area (Å²) in [5.74, 6) is -1.01. The Labute approximate surface area is 130 Å². The summed E-state index contributed by atoms with van der Waals surface area (Å²) in [6, 6.07) is 3.51. The topological polar surface area (TPSA) is 32.3 Å². The highest BCUT2D eigenvalue weighted by atomic mass is 35.5. The highest BCUT2D eigenvalue weighted by Gasteiger charge is 2.27. The van der Waals surface area contributed by atoms with E-state index in [1.54, 1.807) is 11.9 Å². The lowest BCUT2D eigenvalue weighted by molar-refractivity contribution is -0.133. The maximum atomic E-state index is 13.7. The SMILES string of the molecule is CNCC(=O)N(Cc1cc(F)ccc1F)C1CCCC1.Cl. The lowest BCUT2D eigenvalue weighted by atomic mass is 10.1. The first-order valence-corrected chi connectivity index (χ1v) is 7.00. The van der Waals surface area contributed by atoms with E-state index in [1.165, 1.54) is 6.07 Å². The van der Waals surface area contributed by atoms with Crippen LogP contribution in [0.4, 0.5) is 8.78 Å². The summed E-state index contributed by atoms with van der Waals surface area (Å²) >= 11 is 0. The van der Waals surface area contributed by atoms with Crippen molar-refractivity contribution < 1.29 is 13.6 Å². The summed E-state index contributed by atoms with van der Waals surface area (Å²) in [6.45, 7) is 0.349. The van der Waals surface area contributed by atoms with Crippen molar-refractivity contribution in [3.8, 4) is 0 Å². The van der Waals surface area contributed by atoms with Crippen molar-refractivity contribution in [1.82, 2.24) is 10.2 Å². The predicted octanol–water partition coefficient (Wildman–Crippen LogP) is 2.88. The number of amides is 1. The van der Waals surface area contributed by atoms with E-state index in [4.69, 9.17) is 0 Å². The summed E-state index contributed by atoms with van der Waals surface area (Å²) in [7, 11) is 1.70. The Balaban J connectivity index is 0.00000220. The Hall–Kier alpha value is -1.20. The second-order valence-corrected chi connectivity index (χ2v) is 5.23. The largest absolute Gasteiger partial charge is 0.334 e. The highest BCUT2D eigenvalue weighted by molar-refractivity contribution is 5.85. The van der Waals surface area contributed by atoms with Crippen molar-refractivity contribution in [2.75, 3.05) is 13.6 Å². The zero-order valence-electron chi connectivity index (χ0n) is 12.1. The molecule has 1 fully saturated rings. The van der Waals surface area contributed by atoms with Crippen LogP contribution in [0.5, 0.6) is 0 Å². The Morgan fingerprint density at radius 1 is 1.33 bits per heavy atom. The molecule has 1 N–H and O–H groups in total. The Morgan fingerprint density at radius 3 is 2.62 bits per heavy atom. The summed E-state index contributed by atoms with van der Waals surface area (Å²) < 4.78 is 27.0. The molecule has 21 heavy (non-hydrogen) atoms. The van der Waals surface area contributed by atoms with E-state index in [0.717, 1.165) is 37.8 Å². The maximum absolute atomic E-state index is 13.7. The maximum Gasteiger partial charge on any atom is 0.237 e. The highest BCUT2D eigenvalue weighted by Crippen LogP contribution is 2.25. The number of nitrogens with zero attached hydrogens (tertiary/aromatic N) is 1. The fraction of sp³-hybridized carbons (Fsp3) is 0.533. The van der Waals surface area contributed by atoms with Crippen molar-refractivity contribution in [3.63, 3.8) is 0 Å². The lowest BCUT2D eigenvalue weighted by Crippen LogP contribution is -2.42. The smallest absolute Gasteiger partial charge is 0.237 e. The number of benzene rings is 1. The second kappa shape index (κ2) is 8.29. The summed E-state index contributed by atoms with van der Waals surface area (Å²) in [5, 5.41) is 2.82. The minimum atomic E-state index is -0.478. The summed E-state index contributed by atoms with van der Waals surface area (Å²) in [4.78, 5) is 13.9. The molecule has 0 unspecified atom stereocenters. The van der Waals surface area contributed by atoms with Crippen LogP contribution in [0.15, 0.2) is 18.2 Å². The minimum Gasteiger partial charge on any atom is -0.334 e. The zero-order valence-corrected chi connectivity index (χ0v) is 12.9. The average molecular weight is 319 g/mol. The van der Waals surface area contributed by atoms with Gasteiger partial charge in [-0.25, -0.2) is 8.78 Å². The third-order valence-electron chi connectivity index (χ3n) is 3.76. The molecule has 1 aliphatic carbocycles. The van der Waals surface area contributed by atoms with E-state index >= 15 is 0 Å². The fourth-order valence-corrected chi connectivity index (χ4v) is 2.74. The van der Waals surface area contributed by atoms with Crippen LogP contribution in [0.2, 0.25) is 0 Å². The molecule has 0 spiro atoms. The van der Waals surface area contributed by atoms with Crippen LogP contribution in [0.25, 0.3) is 0 Å². The molecule has 1 aromatic rings. The van der Waals surface area contributed by atoms with Gasteiger partial charge in [0.25, 0.3) is 0 Å². The van der Waals surface area contributed by atoms with Crippen molar-refractivity contribution in [2.45, 2.75) is 38.3 Å². The first-order valence-electron chi connectivity index (χ1n) is 7.00. The Kier molecular flexibility index (Phi) is 7.05. The fourth-order valence-electron chi connectivity index (χ4n) is 2.74. The minimum absolute atomic E-state index is 0. The van der Waals surface area contributed by atoms with E-state index in [2.05, 4.69) is 5.32 Å². The molecule has 0 radical (unpaired) electrons. The van der Waals surface area contributed by atoms with Crippen LogP contribution in [0, 0.1) is 11.6 Å². The van der Waals surface area contributed by atoms with E-state index in [1.807, 2.05) is 0 Å². The van der Waals surface area contributed by atoms with Gasteiger partial charge in [-0.3, -0.25) is 4.79 Å². The van der Waals surface area contributed by atoms with Crippen LogP contribution in [0.3, 0.4) is 0 Å². The molecule has 0 aromatic heterocycles. The molecule has 0 atom stereocenters. The van der Waals surface area contributed by atoms with Gasteiger partial charge >= 0.3 is 0 Å². The van der Waals surface area contributed by atoms with Gasteiger partial charge in [0, 0.05) is 18.2 Å². The Morgan fingerprint density at radius 2 is 2.00 bits per heavy atom. The Bertz CT molecular complexity index is 479. The molecule has 1 aromatic carbocycles. The number of nitrogens with one attached hydrogen (secondary N) is 1. The number of carbonyl (C=O) groups is 1. The first kappa shape index (κ1) is 17.9. The van der Waals surface area contributed by atoms with Crippen LogP contribution < -0.4 is 5.32 Å². The molecule has 6 heteroatoms. The quantitative estimate of drug-likeness (QED) is 0.905. The van der Waals surface area contributed by atoms with E-state index in [-0.39, 0.29) is 43.0 Å². The van der Waals surface area contributed by atoms with Gasteiger partial charge in [0.15, 0.2) is 0 Å². The summed E-state index contributed by atoms with van der Waals surface area (Å²) in [5.41, 5.74) is 0.237. The molecule has 0 heterocycles. The second-order valence-electron chi connectivity index (χ2n) is 5.23. The summed E-state index contributed by atoms with van der Waals surface area (Å²) in [6.07, 6.45) is 4.04. The average Bonchev–Trinajstić information content (AvgIpc) is 2.93. The van der Waals surface area contributed by atoms with Gasteiger partial charge < -0.3 is 10.2 Å². The van der Waals surface area contributed by atoms with E-state index in [9.17, 15) is 13.6 Å². The molecule has 0 aliphatic heterocycles. The van der Waals surface area contributed by atoms with Gasteiger partial charge in [-0.2, -0.15) is 0 Å². The predicted molar refractivity (Wildman–Crippen MR) is 80.3 cm³/mol. The third kappa shape index (κ3) is 4.64. The van der Waals surface area contributed by atoms with Gasteiger partial charge in [-0.15, -0.1) is 12.4 Å². The molecule has 118 valence electrons. The molecule has 0 bridgehead atoms. The molecule has 1 amide bonds. The van der Waals surface area contributed by atoms with Crippen molar-refractivity contribution in [1.29, 1.82) is 0 Å². The standard InChI is InChI=1S/C15H20F2N2O.ClH/c1-18-9-15(20)19(13-4-2-3-5-13)10-11-8-12(16)6-7-14(11)17;/h6-8,13,18H,2-5,9-10H2,1H3;1H. The van der Waals surface area contributed by atoms with E-state index in [0.29, 0.717) is 0 Å². The number of hydrogen-bond donors (Lipinski definition) is 1. The van der Waals surface area contributed by atoms with E-state index < -0.39 is 11.6 Å². The molecular weight excluding hydrogens is 298 g/mol. The van der Waals surface area contributed by atoms with Crippen LogP contribution in [0.1, 0.15) is 31.2 Å². The normalized spacial score (nSPS) is 14.8. The van der Waals surface area contributed by atoms with Gasteiger partial charge in [-0.05, 0) is 38.1 Å². The number of rotatable bonds is 5. The molecule has 1 saturated carbocycles. The molecule has 0 saturated heterocycles.